The zero-order valence-corrected chi connectivity index (χ0v) is 22.4. The molecule has 0 unspecified atom stereocenters. The van der Waals surface area contributed by atoms with E-state index in [0.29, 0.717) is 48.8 Å². The summed E-state index contributed by atoms with van der Waals surface area (Å²) in [5.74, 6) is -2.95. The van der Waals surface area contributed by atoms with Crippen LogP contribution < -0.4 is 5.73 Å². The minimum Gasteiger partial charge on any atom is -0.404 e. The molecule has 1 saturated carbocycles. The highest BCUT2D eigenvalue weighted by molar-refractivity contribution is 6.36. The molecule has 1 fully saturated rings. The molecule has 2 aromatic carbocycles. The molecule has 0 aliphatic heterocycles. The van der Waals surface area contributed by atoms with E-state index in [2.05, 4.69) is 4.99 Å². The second kappa shape index (κ2) is 13.1. The summed E-state index contributed by atoms with van der Waals surface area (Å²) >= 11 is 12.2. The average Bonchev–Trinajstić information content (AvgIpc) is 2.83. The molecule has 1 amide bonds. The highest BCUT2D eigenvalue weighted by atomic mass is 35.5. The Kier molecular flexibility index (Phi) is 10.3. The van der Waals surface area contributed by atoms with E-state index in [4.69, 9.17) is 28.9 Å². The summed E-state index contributed by atoms with van der Waals surface area (Å²) in [6.07, 6.45) is -4.49. The molecule has 39 heavy (non-hydrogen) atoms. The van der Waals surface area contributed by atoms with Crippen molar-refractivity contribution in [3.63, 3.8) is 0 Å². The molecule has 1 aliphatic rings. The summed E-state index contributed by atoms with van der Waals surface area (Å²) in [4.78, 5) is 18.1. The first-order valence-electron chi connectivity index (χ1n) is 12.2. The maximum atomic E-state index is 15.5. The summed E-state index contributed by atoms with van der Waals surface area (Å²) < 4.78 is 85.8. The van der Waals surface area contributed by atoms with Gasteiger partial charge in [-0.15, -0.1) is 0 Å². The molecule has 0 bridgehead atoms. The molecular formula is C27H27Cl2F6N3O. The van der Waals surface area contributed by atoms with Crippen molar-refractivity contribution >= 4 is 34.8 Å². The van der Waals surface area contributed by atoms with Crippen molar-refractivity contribution < 1.29 is 31.1 Å². The molecule has 3 rings (SSSR count). The monoisotopic (exact) mass is 593 g/mol. The van der Waals surface area contributed by atoms with Gasteiger partial charge in [-0.05, 0) is 61.4 Å². The third-order valence-electron chi connectivity index (χ3n) is 6.49. The standard InChI is InChI=1S/C27H27Cl2F6N3O/c1-15-5-7-19(8-6-15)37-25(27(33,34)35)20(12-36)26(39)38(13-16-9-17(30)11-18(31)10-16)14-23(32)24-21(28)3-2-4-22(24)29/h2-4,9-12,15,19,23H,5-8,13-14,36H2,1H3/t15?,19?,23-/m0/s1. The number of rotatable bonds is 8. The zero-order chi connectivity index (χ0) is 28.9. The Bertz CT molecular complexity index is 1200. The maximum absolute atomic E-state index is 15.5. The number of amides is 1. The number of nitrogens with two attached hydrogens (primary N) is 1. The first-order valence-corrected chi connectivity index (χ1v) is 12.9. The smallest absolute Gasteiger partial charge is 0.404 e. The van der Waals surface area contributed by atoms with E-state index in [1.165, 1.54) is 18.2 Å². The fourth-order valence-corrected chi connectivity index (χ4v) is 5.14. The predicted octanol–water partition coefficient (Wildman–Crippen LogP) is 7.74. The van der Waals surface area contributed by atoms with Gasteiger partial charge in [-0.1, -0.05) is 36.2 Å². The second-order valence-electron chi connectivity index (χ2n) is 9.54. The summed E-state index contributed by atoms with van der Waals surface area (Å²) in [5, 5.41) is -0.143. The lowest BCUT2D eigenvalue weighted by molar-refractivity contribution is -0.128. The number of benzene rings is 2. The predicted molar refractivity (Wildman–Crippen MR) is 139 cm³/mol. The van der Waals surface area contributed by atoms with Crippen molar-refractivity contribution in [2.24, 2.45) is 16.6 Å². The molecule has 2 N–H and O–H groups in total. The third kappa shape index (κ3) is 8.14. The van der Waals surface area contributed by atoms with Crippen LogP contribution in [-0.4, -0.2) is 35.3 Å². The minimum absolute atomic E-state index is 0.0714. The topological polar surface area (TPSA) is 58.7 Å². The number of hydrogen-bond donors (Lipinski definition) is 1. The van der Waals surface area contributed by atoms with Crippen LogP contribution >= 0.6 is 23.2 Å². The molecule has 12 heteroatoms. The summed E-state index contributed by atoms with van der Waals surface area (Å²) in [5.41, 5.74) is 2.71. The van der Waals surface area contributed by atoms with Gasteiger partial charge in [0.1, 0.15) is 17.8 Å². The maximum Gasteiger partial charge on any atom is 0.433 e. The van der Waals surface area contributed by atoms with Gasteiger partial charge < -0.3 is 10.6 Å². The number of aliphatic imine (C=N–C) groups is 1. The molecule has 2 aromatic rings. The van der Waals surface area contributed by atoms with E-state index < -0.39 is 60.3 Å². The lowest BCUT2D eigenvalue weighted by Gasteiger charge is -2.28. The van der Waals surface area contributed by atoms with E-state index in [1.807, 2.05) is 6.92 Å². The third-order valence-corrected chi connectivity index (χ3v) is 7.15. The Morgan fingerprint density at radius 2 is 1.67 bits per heavy atom. The Morgan fingerprint density at radius 3 is 2.18 bits per heavy atom. The van der Waals surface area contributed by atoms with E-state index >= 15 is 4.39 Å². The van der Waals surface area contributed by atoms with Crippen LogP contribution in [0.5, 0.6) is 0 Å². The SMILES string of the molecule is CC1CCC(N=C(C(=CN)C(=O)N(Cc2cc(F)cc(F)c2)C[C@H](F)c2c(Cl)cccc2Cl)C(F)(F)F)CC1. The van der Waals surface area contributed by atoms with Crippen LogP contribution in [0, 0.1) is 17.6 Å². The van der Waals surface area contributed by atoms with E-state index in [0.717, 1.165) is 12.1 Å². The number of alkyl halides is 4. The van der Waals surface area contributed by atoms with Gasteiger partial charge in [0.15, 0.2) is 5.71 Å². The Morgan fingerprint density at radius 1 is 1.10 bits per heavy atom. The first-order chi connectivity index (χ1) is 18.3. The van der Waals surface area contributed by atoms with Crippen LogP contribution in [0.4, 0.5) is 26.3 Å². The molecule has 212 valence electrons. The van der Waals surface area contributed by atoms with E-state index in [-0.39, 0.29) is 21.2 Å². The molecule has 0 spiro atoms. The lowest BCUT2D eigenvalue weighted by Crippen LogP contribution is -2.40. The van der Waals surface area contributed by atoms with Crippen molar-refractivity contribution in [2.45, 2.75) is 57.5 Å². The van der Waals surface area contributed by atoms with Gasteiger partial charge in [-0.2, -0.15) is 13.2 Å². The van der Waals surface area contributed by atoms with Gasteiger partial charge >= 0.3 is 6.18 Å². The van der Waals surface area contributed by atoms with Crippen molar-refractivity contribution in [3.8, 4) is 0 Å². The van der Waals surface area contributed by atoms with Crippen molar-refractivity contribution in [2.75, 3.05) is 6.54 Å². The fraction of sp³-hybridized carbons (Fsp3) is 0.407. The van der Waals surface area contributed by atoms with Gasteiger partial charge in [-0.25, -0.2) is 13.2 Å². The van der Waals surface area contributed by atoms with Crippen LogP contribution in [0.3, 0.4) is 0 Å². The van der Waals surface area contributed by atoms with Crippen LogP contribution in [0.25, 0.3) is 0 Å². The Labute approximate surface area is 232 Å². The molecule has 0 heterocycles. The quantitative estimate of drug-likeness (QED) is 0.193. The zero-order valence-electron chi connectivity index (χ0n) is 20.9. The largest absolute Gasteiger partial charge is 0.433 e. The van der Waals surface area contributed by atoms with Crippen LogP contribution in [0.15, 0.2) is 53.2 Å². The lowest BCUT2D eigenvalue weighted by atomic mass is 9.87. The van der Waals surface area contributed by atoms with Gasteiger partial charge in [0, 0.05) is 34.4 Å². The van der Waals surface area contributed by atoms with Gasteiger partial charge in [0.05, 0.1) is 18.2 Å². The molecule has 0 saturated heterocycles. The fourth-order valence-electron chi connectivity index (χ4n) is 4.51. The van der Waals surface area contributed by atoms with Crippen molar-refractivity contribution in [1.82, 2.24) is 4.90 Å². The normalized spacial score (nSPS) is 19.6. The molecule has 1 atom stereocenters. The van der Waals surface area contributed by atoms with Crippen molar-refractivity contribution in [3.05, 3.63) is 81.0 Å². The number of hydrogen-bond acceptors (Lipinski definition) is 3. The number of carbonyl (C=O) groups is 1. The molecule has 0 radical (unpaired) electrons. The molecule has 0 aromatic heterocycles. The Hall–Kier alpha value is -2.72. The first kappa shape index (κ1) is 30.8. The molecule has 4 nitrogen and oxygen atoms in total. The van der Waals surface area contributed by atoms with E-state index in [1.54, 1.807) is 0 Å². The highest BCUT2D eigenvalue weighted by Crippen LogP contribution is 2.34. The Balaban J connectivity index is 2.02. The van der Waals surface area contributed by atoms with Crippen LogP contribution in [0.1, 0.15) is 49.9 Å². The second-order valence-corrected chi connectivity index (χ2v) is 10.4. The number of nitrogens with zero attached hydrogens (tertiary/aromatic N) is 2. The van der Waals surface area contributed by atoms with Crippen LogP contribution in [-0.2, 0) is 11.3 Å². The molecular weight excluding hydrogens is 567 g/mol. The summed E-state index contributed by atoms with van der Waals surface area (Å²) in [6.45, 7) is 0.508. The van der Waals surface area contributed by atoms with Gasteiger partial charge in [0.25, 0.3) is 5.91 Å². The summed E-state index contributed by atoms with van der Waals surface area (Å²) in [7, 11) is 0. The van der Waals surface area contributed by atoms with E-state index in [9.17, 15) is 26.7 Å². The number of carbonyl (C=O) groups excluding carboxylic acids is 1. The minimum atomic E-state index is -5.05. The van der Waals surface area contributed by atoms with Crippen molar-refractivity contribution in [1.29, 1.82) is 0 Å². The highest BCUT2D eigenvalue weighted by Gasteiger charge is 2.42. The average molecular weight is 594 g/mol. The number of halogens is 8. The van der Waals surface area contributed by atoms with Gasteiger partial charge in [0.2, 0.25) is 0 Å². The molecule has 1 aliphatic carbocycles. The van der Waals surface area contributed by atoms with Crippen LogP contribution in [0.2, 0.25) is 10.0 Å². The summed E-state index contributed by atoms with van der Waals surface area (Å²) in [6, 6.07) is 5.85. The van der Waals surface area contributed by atoms with Gasteiger partial charge in [-0.3, -0.25) is 9.79 Å².